The second-order valence-electron chi connectivity index (χ2n) is 19.4. The van der Waals surface area contributed by atoms with Gasteiger partial charge >= 0.3 is 0 Å². The molecular formula is C70H55NO2. The largest absolute Gasteiger partial charge is 0.456 e. The maximum Gasteiger partial charge on any atom is 0.137 e. The Balaban J connectivity index is 0.000000193. The van der Waals surface area contributed by atoms with Gasteiger partial charge in [-0.3, -0.25) is 0 Å². The number of para-hydroxylation sites is 3. The standard InChI is InChI=1S/C48H33NO.C15H14O.C7H8/c1-32-28-29-38-40(30-32)48(33-16-5-2-6-17-33,34-18-7-3-8-19-34)41-31-43(36-22-11-12-23-37(36)46(38)41)49(35-20-9-4-10-21-35)42-25-15-27-45-47(42)39-24-13-14-26-44(39)50-45;1-10(2)11-7-5-9-14-15(11)12-6-3-4-8-13(12)16-14;1-7-5-3-2-4-6-7/h2-31H,1H3;3-10H,1-2H3;2-6H,1H3. The van der Waals surface area contributed by atoms with Gasteiger partial charge in [-0.2, -0.15) is 0 Å². The van der Waals surface area contributed by atoms with E-state index in [1.54, 1.807) is 0 Å². The molecule has 0 fully saturated rings. The number of benzene rings is 11. The van der Waals surface area contributed by atoms with Gasteiger partial charge in [0.1, 0.15) is 22.3 Å². The quantitative estimate of drug-likeness (QED) is 0.166. The molecule has 0 unspecified atom stereocenters. The summed E-state index contributed by atoms with van der Waals surface area (Å²) < 4.78 is 12.3. The van der Waals surface area contributed by atoms with Crippen molar-refractivity contribution >= 4 is 71.7 Å². The van der Waals surface area contributed by atoms with Crippen molar-refractivity contribution in [2.24, 2.45) is 0 Å². The lowest BCUT2D eigenvalue weighted by Crippen LogP contribution is -2.29. The molecule has 0 radical (unpaired) electrons. The van der Waals surface area contributed by atoms with E-state index in [9.17, 15) is 0 Å². The van der Waals surface area contributed by atoms with E-state index >= 15 is 0 Å². The smallest absolute Gasteiger partial charge is 0.137 e. The lowest BCUT2D eigenvalue weighted by molar-refractivity contribution is 0.668. The van der Waals surface area contributed by atoms with E-state index in [0.717, 1.165) is 50.2 Å². The molecule has 1 aliphatic carbocycles. The monoisotopic (exact) mass is 941 g/mol. The Morgan fingerprint density at radius 2 is 0.863 bits per heavy atom. The van der Waals surface area contributed by atoms with E-state index in [4.69, 9.17) is 8.83 Å². The Labute approximate surface area is 427 Å². The zero-order valence-electron chi connectivity index (χ0n) is 41.6. The first-order chi connectivity index (χ1) is 35.9. The van der Waals surface area contributed by atoms with Crippen molar-refractivity contribution in [3.8, 4) is 11.1 Å². The Hall–Kier alpha value is -8.92. The molecule has 3 heteroatoms. The number of hydrogen-bond acceptors (Lipinski definition) is 3. The Morgan fingerprint density at radius 3 is 1.45 bits per heavy atom. The first-order valence-corrected chi connectivity index (χ1v) is 25.4. The molecule has 14 rings (SSSR count). The van der Waals surface area contributed by atoms with Gasteiger partial charge in [-0.25, -0.2) is 0 Å². The summed E-state index contributed by atoms with van der Waals surface area (Å²) in [4.78, 5) is 2.45. The highest BCUT2D eigenvalue weighted by molar-refractivity contribution is 6.16. The summed E-state index contributed by atoms with van der Waals surface area (Å²) in [6.45, 7) is 8.73. The minimum absolute atomic E-state index is 0.518. The highest BCUT2D eigenvalue weighted by atomic mass is 16.3. The third kappa shape index (κ3) is 7.86. The summed E-state index contributed by atoms with van der Waals surface area (Å²) >= 11 is 0. The number of fused-ring (bicyclic) bond motifs is 11. The van der Waals surface area contributed by atoms with Crippen molar-refractivity contribution in [2.45, 2.75) is 39.0 Å². The summed E-state index contributed by atoms with van der Waals surface area (Å²) in [5.41, 5.74) is 18.1. The normalized spacial score (nSPS) is 12.3. The van der Waals surface area contributed by atoms with Gasteiger partial charge in [0, 0.05) is 27.2 Å². The Morgan fingerprint density at radius 1 is 0.370 bits per heavy atom. The van der Waals surface area contributed by atoms with Crippen LogP contribution in [0.4, 0.5) is 17.1 Å². The number of hydrogen-bond donors (Lipinski definition) is 0. The molecule has 11 aromatic carbocycles. The molecule has 0 spiro atoms. The van der Waals surface area contributed by atoms with Crippen LogP contribution in [0.2, 0.25) is 0 Å². The van der Waals surface area contributed by atoms with Crippen LogP contribution >= 0.6 is 0 Å². The van der Waals surface area contributed by atoms with Crippen LogP contribution in [-0.2, 0) is 5.41 Å². The van der Waals surface area contributed by atoms with Crippen LogP contribution in [0.25, 0.3) is 65.8 Å². The van der Waals surface area contributed by atoms with E-state index in [1.165, 1.54) is 71.6 Å². The topological polar surface area (TPSA) is 29.5 Å². The summed E-state index contributed by atoms with van der Waals surface area (Å²) in [7, 11) is 0. The molecule has 0 bridgehead atoms. The number of aryl methyl sites for hydroxylation is 2. The number of nitrogens with zero attached hydrogens (tertiary/aromatic N) is 1. The molecule has 0 atom stereocenters. The van der Waals surface area contributed by atoms with Gasteiger partial charge in [0.2, 0.25) is 0 Å². The van der Waals surface area contributed by atoms with Crippen LogP contribution in [0.3, 0.4) is 0 Å². The van der Waals surface area contributed by atoms with Gasteiger partial charge in [0.25, 0.3) is 0 Å². The van der Waals surface area contributed by atoms with E-state index in [-0.39, 0.29) is 0 Å². The lowest BCUT2D eigenvalue weighted by Gasteiger charge is -2.35. The van der Waals surface area contributed by atoms with Gasteiger partial charge in [-0.05, 0) is 113 Å². The van der Waals surface area contributed by atoms with E-state index in [0.29, 0.717) is 5.92 Å². The molecule has 1 aliphatic rings. The minimum atomic E-state index is -0.533. The van der Waals surface area contributed by atoms with Gasteiger partial charge in [-0.1, -0.05) is 231 Å². The third-order valence-corrected chi connectivity index (χ3v) is 14.6. The predicted octanol–water partition coefficient (Wildman–Crippen LogP) is 19.6. The minimum Gasteiger partial charge on any atom is -0.456 e. The van der Waals surface area contributed by atoms with E-state index in [1.807, 2.05) is 42.5 Å². The Bertz CT molecular complexity index is 4040. The molecule has 2 aromatic heterocycles. The molecule has 13 aromatic rings. The zero-order chi connectivity index (χ0) is 49.5. The van der Waals surface area contributed by atoms with Crippen LogP contribution in [0.1, 0.15) is 58.7 Å². The summed E-state index contributed by atoms with van der Waals surface area (Å²) in [5, 5.41) is 7.14. The van der Waals surface area contributed by atoms with Crippen LogP contribution in [0.5, 0.6) is 0 Å². The molecular weight excluding hydrogens is 887 g/mol. The van der Waals surface area contributed by atoms with Gasteiger partial charge in [-0.15, -0.1) is 0 Å². The van der Waals surface area contributed by atoms with Gasteiger partial charge in [0.15, 0.2) is 0 Å². The molecule has 0 saturated carbocycles. The average Bonchev–Trinajstić information content (AvgIpc) is 4.11. The average molecular weight is 942 g/mol. The SMILES string of the molecule is CC(C)c1cccc2oc3ccccc3c12.Cc1ccc2c(c1)C(c1ccccc1)(c1ccccc1)c1cc(N(c3ccccc3)c3cccc4oc5ccccc5c34)c3ccccc3c1-2.Cc1ccccc1. The summed E-state index contributed by atoms with van der Waals surface area (Å²) in [6.07, 6.45) is 0. The first-order valence-electron chi connectivity index (χ1n) is 25.4. The summed E-state index contributed by atoms with van der Waals surface area (Å²) in [6, 6.07) is 91.0. The Kier molecular flexibility index (Phi) is 11.8. The molecule has 0 amide bonds. The number of rotatable bonds is 6. The molecule has 3 nitrogen and oxygen atoms in total. The van der Waals surface area contributed by atoms with E-state index < -0.39 is 5.41 Å². The first kappa shape index (κ1) is 45.2. The second kappa shape index (κ2) is 19.0. The lowest BCUT2D eigenvalue weighted by atomic mass is 9.67. The molecule has 352 valence electrons. The summed E-state index contributed by atoms with van der Waals surface area (Å²) in [5.74, 6) is 0.518. The van der Waals surface area contributed by atoms with Gasteiger partial charge in [0.05, 0.1) is 22.2 Å². The molecule has 0 saturated heterocycles. The number of anilines is 3. The maximum atomic E-state index is 6.45. The highest BCUT2D eigenvalue weighted by Crippen LogP contribution is 2.60. The van der Waals surface area contributed by atoms with Crippen LogP contribution in [0.15, 0.2) is 264 Å². The van der Waals surface area contributed by atoms with Crippen LogP contribution < -0.4 is 4.90 Å². The van der Waals surface area contributed by atoms with Gasteiger partial charge < -0.3 is 13.7 Å². The fraction of sp³-hybridized carbons (Fsp3) is 0.0857. The van der Waals surface area contributed by atoms with E-state index in [2.05, 4.69) is 245 Å². The molecule has 0 N–H and O–H groups in total. The highest BCUT2D eigenvalue weighted by Gasteiger charge is 2.47. The van der Waals surface area contributed by atoms with Crippen molar-refractivity contribution in [3.63, 3.8) is 0 Å². The zero-order valence-corrected chi connectivity index (χ0v) is 41.6. The van der Waals surface area contributed by atoms with Crippen LogP contribution in [-0.4, -0.2) is 0 Å². The van der Waals surface area contributed by atoms with Crippen molar-refractivity contribution in [2.75, 3.05) is 4.90 Å². The predicted molar refractivity (Wildman–Crippen MR) is 307 cm³/mol. The third-order valence-electron chi connectivity index (χ3n) is 14.6. The van der Waals surface area contributed by atoms with Crippen molar-refractivity contribution in [1.82, 2.24) is 0 Å². The van der Waals surface area contributed by atoms with Crippen molar-refractivity contribution < 1.29 is 8.83 Å². The maximum absolute atomic E-state index is 6.45. The van der Waals surface area contributed by atoms with Crippen molar-refractivity contribution in [3.05, 3.63) is 294 Å². The second-order valence-corrected chi connectivity index (χ2v) is 19.4. The van der Waals surface area contributed by atoms with Crippen molar-refractivity contribution in [1.29, 1.82) is 0 Å². The fourth-order valence-corrected chi connectivity index (χ4v) is 11.4. The molecule has 73 heavy (non-hydrogen) atoms. The number of furan rings is 2. The fourth-order valence-electron chi connectivity index (χ4n) is 11.4. The molecule has 2 heterocycles. The van der Waals surface area contributed by atoms with Crippen LogP contribution in [0, 0.1) is 13.8 Å². The molecule has 0 aliphatic heterocycles.